The average Bonchev–Trinajstić information content (AvgIpc) is 2.22. The maximum atomic E-state index is 13.4. The number of hydrogen-bond donors (Lipinski definition) is 0. The molecule has 2 aromatic carbocycles. The smallest absolute Gasteiger partial charge is 0.131 e. The van der Waals surface area contributed by atoms with E-state index < -0.39 is 11.6 Å². The Morgan fingerprint density at radius 3 is 2.47 bits per heavy atom. The zero-order valence-corrected chi connectivity index (χ0v) is 8.43. The predicted octanol–water partition coefficient (Wildman–Crippen LogP) is 4.29. The Morgan fingerprint density at radius 2 is 1.73 bits per heavy atom. The molecule has 0 saturated heterocycles. The second kappa shape index (κ2) is 3.99. The molecular weight excluding hydrogens is 218 g/mol. The molecule has 0 aliphatic carbocycles. The van der Waals surface area contributed by atoms with Crippen LogP contribution in [0.2, 0.25) is 5.02 Å². The van der Waals surface area contributed by atoms with E-state index in [0.717, 1.165) is 18.2 Å². The number of hydrogen-bond acceptors (Lipinski definition) is 0. The number of rotatable bonds is 1. The third-order valence-electron chi connectivity index (χ3n) is 2.06. The van der Waals surface area contributed by atoms with E-state index in [1.807, 2.05) is 0 Å². The minimum Gasteiger partial charge on any atom is -0.207 e. The molecule has 0 aliphatic heterocycles. The summed E-state index contributed by atoms with van der Waals surface area (Å²) in [6.07, 6.45) is 0. The number of halogens is 3. The van der Waals surface area contributed by atoms with Gasteiger partial charge >= 0.3 is 0 Å². The molecule has 0 atom stereocenters. The monoisotopic (exact) mass is 224 g/mol. The number of benzene rings is 2. The largest absolute Gasteiger partial charge is 0.207 e. The van der Waals surface area contributed by atoms with Gasteiger partial charge in [-0.25, -0.2) is 8.78 Å². The lowest BCUT2D eigenvalue weighted by atomic mass is 10.1. The van der Waals surface area contributed by atoms with Gasteiger partial charge in [0.1, 0.15) is 11.6 Å². The van der Waals surface area contributed by atoms with Crippen LogP contribution in [0.15, 0.2) is 42.5 Å². The van der Waals surface area contributed by atoms with Crippen molar-refractivity contribution in [2.24, 2.45) is 0 Å². The van der Waals surface area contributed by atoms with Gasteiger partial charge in [-0.15, -0.1) is 0 Å². The summed E-state index contributed by atoms with van der Waals surface area (Å²) in [5.41, 5.74) is 0.789. The normalized spacial score (nSPS) is 10.3. The SMILES string of the molecule is Fc1ccc(F)c(-c2cccc(Cl)c2)c1. The molecule has 76 valence electrons. The molecule has 0 aliphatic rings. The van der Waals surface area contributed by atoms with Gasteiger partial charge < -0.3 is 0 Å². The van der Waals surface area contributed by atoms with Crippen LogP contribution in [0.3, 0.4) is 0 Å². The van der Waals surface area contributed by atoms with E-state index in [4.69, 9.17) is 11.6 Å². The minimum atomic E-state index is -0.466. The highest BCUT2D eigenvalue weighted by molar-refractivity contribution is 6.30. The third-order valence-corrected chi connectivity index (χ3v) is 2.30. The first-order chi connectivity index (χ1) is 7.16. The molecule has 2 aromatic rings. The molecule has 0 fully saturated rings. The predicted molar refractivity (Wildman–Crippen MR) is 56.8 cm³/mol. The summed E-state index contributed by atoms with van der Waals surface area (Å²) in [6.45, 7) is 0. The van der Waals surface area contributed by atoms with Crippen molar-refractivity contribution in [3.8, 4) is 11.1 Å². The zero-order chi connectivity index (χ0) is 10.8. The maximum absolute atomic E-state index is 13.4. The molecule has 0 heterocycles. The minimum absolute atomic E-state index is 0.220. The Bertz CT molecular complexity index is 495. The lowest BCUT2D eigenvalue weighted by Crippen LogP contribution is -1.86. The fraction of sp³-hybridized carbons (Fsp3) is 0. The summed E-state index contributed by atoms with van der Waals surface area (Å²) in [5.74, 6) is -0.926. The van der Waals surface area contributed by atoms with E-state index in [0.29, 0.717) is 10.6 Å². The fourth-order valence-corrected chi connectivity index (χ4v) is 1.57. The molecule has 3 heteroatoms. The quantitative estimate of drug-likeness (QED) is 0.678. The molecule has 0 radical (unpaired) electrons. The van der Waals surface area contributed by atoms with Gasteiger partial charge in [-0.1, -0.05) is 23.7 Å². The van der Waals surface area contributed by atoms with Crippen molar-refractivity contribution in [2.75, 3.05) is 0 Å². The highest BCUT2D eigenvalue weighted by Gasteiger charge is 2.06. The molecule has 0 spiro atoms. The second-order valence-electron chi connectivity index (χ2n) is 3.13. The Morgan fingerprint density at radius 1 is 0.933 bits per heavy atom. The Hall–Kier alpha value is -1.41. The second-order valence-corrected chi connectivity index (χ2v) is 3.57. The lowest BCUT2D eigenvalue weighted by molar-refractivity contribution is 0.603. The van der Waals surface area contributed by atoms with Gasteiger partial charge in [-0.3, -0.25) is 0 Å². The van der Waals surface area contributed by atoms with E-state index in [-0.39, 0.29) is 5.56 Å². The van der Waals surface area contributed by atoms with Crippen molar-refractivity contribution in [3.63, 3.8) is 0 Å². The summed E-state index contributed by atoms with van der Waals surface area (Å²) in [5, 5.41) is 0.496. The van der Waals surface area contributed by atoms with Gasteiger partial charge in [0.15, 0.2) is 0 Å². The van der Waals surface area contributed by atoms with Crippen LogP contribution < -0.4 is 0 Å². The average molecular weight is 225 g/mol. The summed E-state index contributed by atoms with van der Waals surface area (Å²) >= 11 is 5.77. The van der Waals surface area contributed by atoms with Crippen LogP contribution in [-0.4, -0.2) is 0 Å². The maximum Gasteiger partial charge on any atom is 0.131 e. The molecule has 0 bridgehead atoms. The van der Waals surface area contributed by atoms with Gasteiger partial charge in [0.25, 0.3) is 0 Å². The summed E-state index contributed by atoms with van der Waals surface area (Å²) in [4.78, 5) is 0. The first-order valence-electron chi connectivity index (χ1n) is 4.38. The van der Waals surface area contributed by atoms with Crippen molar-refractivity contribution >= 4 is 11.6 Å². The van der Waals surface area contributed by atoms with Crippen molar-refractivity contribution in [1.82, 2.24) is 0 Å². The fourth-order valence-electron chi connectivity index (χ4n) is 1.37. The van der Waals surface area contributed by atoms with E-state index in [2.05, 4.69) is 0 Å². The van der Waals surface area contributed by atoms with E-state index in [1.165, 1.54) is 0 Å². The van der Waals surface area contributed by atoms with Crippen molar-refractivity contribution in [1.29, 1.82) is 0 Å². The van der Waals surface area contributed by atoms with E-state index in [9.17, 15) is 8.78 Å². The molecule has 0 amide bonds. The van der Waals surface area contributed by atoms with Crippen LogP contribution in [0.4, 0.5) is 8.78 Å². The molecule has 0 saturated carbocycles. The molecule has 0 nitrogen and oxygen atoms in total. The van der Waals surface area contributed by atoms with Crippen LogP contribution >= 0.6 is 11.6 Å². The Labute approximate surface area is 91.1 Å². The van der Waals surface area contributed by atoms with Gasteiger partial charge in [0.05, 0.1) is 0 Å². The third kappa shape index (κ3) is 2.16. The molecule has 2 rings (SSSR count). The topological polar surface area (TPSA) is 0 Å². The molecule has 15 heavy (non-hydrogen) atoms. The van der Waals surface area contributed by atoms with Crippen LogP contribution in [0.1, 0.15) is 0 Å². The van der Waals surface area contributed by atoms with E-state index in [1.54, 1.807) is 24.3 Å². The Kier molecular flexibility index (Phi) is 2.69. The van der Waals surface area contributed by atoms with Crippen LogP contribution in [-0.2, 0) is 0 Å². The standard InChI is InChI=1S/C12H7ClF2/c13-9-3-1-2-8(6-9)11-7-10(14)4-5-12(11)15/h1-7H. The summed E-state index contributed by atoms with van der Waals surface area (Å²) in [7, 11) is 0. The van der Waals surface area contributed by atoms with Crippen LogP contribution in [0.25, 0.3) is 11.1 Å². The first-order valence-corrected chi connectivity index (χ1v) is 4.75. The molecule has 0 N–H and O–H groups in total. The van der Waals surface area contributed by atoms with Crippen LogP contribution in [0.5, 0.6) is 0 Å². The van der Waals surface area contributed by atoms with Gasteiger partial charge in [-0.2, -0.15) is 0 Å². The van der Waals surface area contributed by atoms with Gasteiger partial charge in [-0.05, 0) is 35.9 Å². The van der Waals surface area contributed by atoms with Crippen molar-refractivity contribution < 1.29 is 8.78 Å². The zero-order valence-electron chi connectivity index (χ0n) is 7.68. The first kappa shape index (κ1) is 10.1. The lowest BCUT2D eigenvalue weighted by Gasteiger charge is -2.03. The van der Waals surface area contributed by atoms with Gasteiger partial charge in [0.2, 0.25) is 0 Å². The Balaban J connectivity index is 2.58. The van der Waals surface area contributed by atoms with Crippen molar-refractivity contribution in [3.05, 3.63) is 59.1 Å². The highest BCUT2D eigenvalue weighted by atomic mass is 35.5. The van der Waals surface area contributed by atoms with E-state index >= 15 is 0 Å². The van der Waals surface area contributed by atoms with Crippen LogP contribution in [0, 0.1) is 11.6 Å². The summed E-state index contributed by atoms with van der Waals surface area (Å²) in [6, 6.07) is 10.0. The molecular formula is C12H7ClF2. The van der Waals surface area contributed by atoms with Gasteiger partial charge in [0, 0.05) is 10.6 Å². The summed E-state index contributed by atoms with van der Waals surface area (Å²) < 4.78 is 26.3. The molecule has 0 aromatic heterocycles. The molecule has 0 unspecified atom stereocenters. The van der Waals surface area contributed by atoms with Crippen molar-refractivity contribution in [2.45, 2.75) is 0 Å². The highest BCUT2D eigenvalue weighted by Crippen LogP contribution is 2.25.